The number of hydrogen-bond acceptors (Lipinski definition) is 5. The number of anilines is 1. The van der Waals surface area contributed by atoms with E-state index in [9.17, 15) is 9.59 Å². The molecule has 2 aliphatic carbocycles. The molecule has 2 heterocycles. The lowest BCUT2D eigenvalue weighted by molar-refractivity contribution is -0.138. The summed E-state index contributed by atoms with van der Waals surface area (Å²) in [5.41, 5.74) is 0.502. The molecule has 0 aromatic carbocycles. The number of aliphatic carboxylic acids is 1. The maximum absolute atomic E-state index is 13.0. The molecule has 1 aliphatic heterocycles. The Bertz CT molecular complexity index is 793. The zero-order chi connectivity index (χ0) is 21.8. The summed E-state index contributed by atoms with van der Waals surface area (Å²) in [5, 5.41) is 12.3. The minimum absolute atomic E-state index is 0.104. The molecular formula is C24H35N3O4. The number of ether oxygens (including phenoxy) is 1. The van der Waals surface area contributed by atoms with Crippen molar-refractivity contribution in [1.29, 1.82) is 0 Å². The number of amides is 1. The van der Waals surface area contributed by atoms with Gasteiger partial charge in [-0.15, -0.1) is 0 Å². The van der Waals surface area contributed by atoms with Crippen LogP contribution in [0.2, 0.25) is 0 Å². The number of rotatable bonds is 8. The van der Waals surface area contributed by atoms with Crippen molar-refractivity contribution in [3.8, 4) is 5.88 Å². The number of carbonyl (C=O) groups excluding carboxylic acids is 1. The second-order valence-corrected chi connectivity index (χ2v) is 9.67. The fraction of sp³-hybridized carbons (Fsp3) is 0.708. The molecule has 1 amide bonds. The third-order valence-corrected chi connectivity index (χ3v) is 7.05. The van der Waals surface area contributed by atoms with Crippen molar-refractivity contribution in [2.45, 2.75) is 70.8 Å². The maximum Gasteiger partial charge on any atom is 0.303 e. The molecule has 3 aliphatic rings. The topological polar surface area (TPSA) is 91.8 Å². The van der Waals surface area contributed by atoms with Crippen molar-refractivity contribution in [1.82, 2.24) is 10.3 Å². The van der Waals surface area contributed by atoms with Gasteiger partial charge >= 0.3 is 5.97 Å². The van der Waals surface area contributed by atoms with E-state index in [1.54, 1.807) is 0 Å². The van der Waals surface area contributed by atoms with Crippen LogP contribution in [0.1, 0.15) is 75.1 Å². The smallest absolute Gasteiger partial charge is 0.303 e. The molecular weight excluding hydrogens is 394 g/mol. The predicted octanol–water partition coefficient (Wildman–Crippen LogP) is 3.87. The quantitative estimate of drug-likeness (QED) is 0.652. The lowest BCUT2D eigenvalue weighted by atomic mass is 9.95. The summed E-state index contributed by atoms with van der Waals surface area (Å²) in [7, 11) is 0. The first-order chi connectivity index (χ1) is 15.0. The molecule has 3 atom stereocenters. The van der Waals surface area contributed by atoms with Crippen LogP contribution in [0.5, 0.6) is 5.88 Å². The van der Waals surface area contributed by atoms with Crippen LogP contribution >= 0.6 is 0 Å². The summed E-state index contributed by atoms with van der Waals surface area (Å²) in [6.45, 7) is 4.32. The molecule has 170 valence electrons. The van der Waals surface area contributed by atoms with Gasteiger partial charge in [-0.05, 0) is 62.0 Å². The zero-order valence-electron chi connectivity index (χ0n) is 18.5. The molecule has 31 heavy (non-hydrogen) atoms. The normalized spacial score (nSPS) is 26.4. The monoisotopic (exact) mass is 429 g/mol. The molecule has 1 aromatic heterocycles. The summed E-state index contributed by atoms with van der Waals surface area (Å²) >= 11 is 0. The molecule has 2 N–H and O–H groups in total. The van der Waals surface area contributed by atoms with Gasteiger partial charge in [-0.1, -0.05) is 26.2 Å². The van der Waals surface area contributed by atoms with Gasteiger partial charge in [0.25, 0.3) is 5.91 Å². The predicted molar refractivity (Wildman–Crippen MR) is 119 cm³/mol. The number of aromatic nitrogens is 1. The molecule has 7 nitrogen and oxygen atoms in total. The van der Waals surface area contributed by atoms with E-state index >= 15 is 0 Å². The highest BCUT2D eigenvalue weighted by molar-refractivity contribution is 5.96. The van der Waals surface area contributed by atoms with Gasteiger partial charge in [0.1, 0.15) is 11.4 Å². The van der Waals surface area contributed by atoms with Gasteiger partial charge in [0.15, 0.2) is 0 Å². The number of carboxylic acids is 1. The Morgan fingerprint density at radius 3 is 2.68 bits per heavy atom. The number of carboxylic acid groups (broad SMARTS) is 1. The van der Waals surface area contributed by atoms with Crippen molar-refractivity contribution in [2.75, 3.05) is 24.6 Å². The van der Waals surface area contributed by atoms with E-state index in [0.717, 1.165) is 57.3 Å². The Morgan fingerprint density at radius 1 is 1.19 bits per heavy atom. The molecule has 1 saturated heterocycles. The molecule has 4 rings (SSSR count). The van der Waals surface area contributed by atoms with Crippen LogP contribution in [-0.2, 0) is 4.79 Å². The SMILES string of the molecule is CC1CC1COc1nc(N2CCC[C@@H](CC(=O)O)C2)ccc1C(=O)NC1CCCCC1. The van der Waals surface area contributed by atoms with E-state index < -0.39 is 5.97 Å². The first kappa shape index (κ1) is 21.9. The van der Waals surface area contributed by atoms with Crippen LogP contribution in [0.15, 0.2) is 12.1 Å². The van der Waals surface area contributed by atoms with Gasteiger partial charge < -0.3 is 20.1 Å². The fourth-order valence-electron chi connectivity index (χ4n) is 4.90. The highest BCUT2D eigenvalue weighted by Gasteiger charge is 2.34. The zero-order valence-corrected chi connectivity index (χ0v) is 18.5. The highest BCUT2D eigenvalue weighted by Crippen LogP contribution is 2.38. The number of nitrogens with zero attached hydrogens (tertiary/aromatic N) is 2. The second kappa shape index (κ2) is 9.88. The molecule has 0 bridgehead atoms. The van der Waals surface area contributed by atoms with Crippen LogP contribution in [0.4, 0.5) is 5.82 Å². The summed E-state index contributed by atoms with van der Waals surface area (Å²) in [4.78, 5) is 31.0. The first-order valence-electron chi connectivity index (χ1n) is 11.9. The molecule has 2 saturated carbocycles. The van der Waals surface area contributed by atoms with Gasteiger partial charge in [0.05, 0.1) is 6.61 Å². The van der Waals surface area contributed by atoms with Crippen LogP contribution in [-0.4, -0.2) is 47.7 Å². The Hall–Kier alpha value is -2.31. The van der Waals surface area contributed by atoms with E-state index in [1.165, 1.54) is 6.42 Å². The Balaban J connectivity index is 1.49. The lowest BCUT2D eigenvalue weighted by Gasteiger charge is -2.33. The van der Waals surface area contributed by atoms with Gasteiger partial charge in [0, 0.05) is 25.6 Å². The van der Waals surface area contributed by atoms with Crippen LogP contribution in [0.3, 0.4) is 0 Å². The van der Waals surface area contributed by atoms with E-state index in [4.69, 9.17) is 14.8 Å². The third-order valence-electron chi connectivity index (χ3n) is 7.05. The average Bonchev–Trinajstić information content (AvgIpc) is 3.47. The van der Waals surface area contributed by atoms with Gasteiger partial charge in [0.2, 0.25) is 5.88 Å². The van der Waals surface area contributed by atoms with Crippen LogP contribution < -0.4 is 15.0 Å². The molecule has 3 fully saturated rings. The fourth-order valence-corrected chi connectivity index (χ4v) is 4.90. The van der Waals surface area contributed by atoms with Crippen molar-refractivity contribution in [2.24, 2.45) is 17.8 Å². The number of nitrogens with one attached hydrogen (secondary N) is 1. The minimum Gasteiger partial charge on any atom is -0.481 e. The van der Waals surface area contributed by atoms with Crippen molar-refractivity contribution >= 4 is 17.7 Å². The molecule has 0 spiro atoms. The third kappa shape index (κ3) is 5.89. The molecule has 7 heteroatoms. The standard InChI is InChI=1S/C24H35N3O4/c1-16-12-18(16)15-31-24-20(23(30)25-19-7-3-2-4-8-19)9-10-21(26-24)27-11-5-6-17(14-27)13-22(28)29/h9-10,16-19H,2-8,11-15H2,1H3,(H,25,30)(H,28,29)/t16?,17-,18?/m0/s1. The van der Waals surface area contributed by atoms with E-state index in [-0.39, 0.29) is 24.3 Å². The van der Waals surface area contributed by atoms with Crippen molar-refractivity contribution < 1.29 is 19.4 Å². The summed E-state index contributed by atoms with van der Waals surface area (Å²) in [6.07, 6.45) is 8.85. The Kier molecular flexibility index (Phi) is 6.98. The second-order valence-electron chi connectivity index (χ2n) is 9.67. The molecule has 0 radical (unpaired) electrons. The average molecular weight is 430 g/mol. The Labute approximate surface area is 184 Å². The maximum atomic E-state index is 13.0. The van der Waals surface area contributed by atoms with Crippen molar-refractivity contribution in [3.05, 3.63) is 17.7 Å². The molecule has 1 aromatic rings. The minimum atomic E-state index is -0.753. The summed E-state index contributed by atoms with van der Waals surface area (Å²) < 4.78 is 6.07. The largest absolute Gasteiger partial charge is 0.481 e. The van der Waals surface area contributed by atoms with Gasteiger partial charge in [-0.2, -0.15) is 4.98 Å². The number of piperidine rings is 1. The Morgan fingerprint density at radius 2 is 1.97 bits per heavy atom. The van der Waals surface area contributed by atoms with Crippen LogP contribution in [0, 0.1) is 17.8 Å². The number of hydrogen-bond donors (Lipinski definition) is 2. The lowest BCUT2D eigenvalue weighted by Crippen LogP contribution is -2.38. The summed E-state index contributed by atoms with van der Waals surface area (Å²) in [6, 6.07) is 3.94. The van der Waals surface area contributed by atoms with Crippen LogP contribution in [0.25, 0.3) is 0 Å². The number of carbonyl (C=O) groups is 2. The summed E-state index contributed by atoms with van der Waals surface area (Å²) in [5.74, 6) is 1.65. The highest BCUT2D eigenvalue weighted by atomic mass is 16.5. The molecule has 2 unspecified atom stereocenters. The van der Waals surface area contributed by atoms with E-state index in [1.807, 2.05) is 12.1 Å². The number of pyridine rings is 1. The van der Waals surface area contributed by atoms with E-state index in [2.05, 4.69) is 17.1 Å². The van der Waals surface area contributed by atoms with Crippen molar-refractivity contribution in [3.63, 3.8) is 0 Å². The first-order valence-corrected chi connectivity index (χ1v) is 11.9. The van der Waals surface area contributed by atoms with Gasteiger partial charge in [-0.3, -0.25) is 9.59 Å². The van der Waals surface area contributed by atoms with Gasteiger partial charge in [-0.25, -0.2) is 0 Å². The van der Waals surface area contributed by atoms with E-state index in [0.29, 0.717) is 36.4 Å².